The summed E-state index contributed by atoms with van der Waals surface area (Å²) in [4.78, 5) is 0. The van der Waals surface area contributed by atoms with Crippen molar-refractivity contribution in [2.75, 3.05) is 13.4 Å². The first-order valence-corrected chi connectivity index (χ1v) is 5.78. The largest absolute Gasteiger partial charge is 0.361 e. The maximum atomic E-state index is 11.2. The average molecular weight is 200 g/mol. The highest BCUT2D eigenvalue weighted by Gasteiger charge is 2.21. The molecule has 0 radical (unpaired) electrons. The summed E-state index contributed by atoms with van der Waals surface area (Å²) in [7, 11) is -1.80. The Kier molecular flexibility index (Phi) is 3.06. The van der Waals surface area contributed by atoms with Gasteiger partial charge in [-0.15, -0.1) is 0 Å². The molecule has 13 heavy (non-hydrogen) atoms. The van der Waals surface area contributed by atoms with Crippen molar-refractivity contribution in [2.24, 2.45) is 0 Å². The fraction of sp³-hybridized carbons (Fsp3) is 0.333. The summed E-state index contributed by atoms with van der Waals surface area (Å²) in [5.74, 6) is 0. The predicted molar refractivity (Wildman–Crippen MR) is 51.0 cm³/mol. The van der Waals surface area contributed by atoms with Crippen LogP contribution < -0.4 is 0 Å². The smallest absolute Gasteiger partial charge is 0.182 e. The molecule has 0 bridgehead atoms. The van der Waals surface area contributed by atoms with Crippen LogP contribution in [0.4, 0.5) is 0 Å². The minimum Gasteiger partial charge on any atom is -0.361 e. The number of sulfone groups is 1. The molecule has 0 fully saturated rings. The van der Waals surface area contributed by atoms with Crippen molar-refractivity contribution >= 4 is 9.84 Å². The Hall–Kier alpha value is -0.870. The van der Waals surface area contributed by atoms with Gasteiger partial charge in [-0.3, -0.25) is 0 Å². The molecule has 1 aromatic carbocycles. The third-order valence-corrected chi connectivity index (χ3v) is 2.92. The highest BCUT2D eigenvalue weighted by molar-refractivity contribution is 7.90. The second-order valence-corrected chi connectivity index (χ2v) is 4.90. The minimum atomic E-state index is -3.19. The van der Waals surface area contributed by atoms with Crippen molar-refractivity contribution in [3.63, 3.8) is 0 Å². The zero-order chi connectivity index (χ0) is 9.90. The quantitative estimate of drug-likeness (QED) is 0.740. The standard InChI is InChI=1S/C9H12O3S/c1-12-9(13(2,10)11)8-6-4-3-5-7-8/h3-7,9H,1-2H3. The molecule has 0 aromatic heterocycles. The van der Waals surface area contributed by atoms with E-state index in [-0.39, 0.29) is 0 Å². The molecule has 0 saturated carbocycles. The Morgan fingerprint density at radius 2 is 1.77 bits per heavy atom. The number of benzene rings is 1. The van der Waals surface area contributed by atoms with E-state index < -0.39 is 15.3 Å². The van der Waals surface area contributed by atoms with Crippen LogP contribution in [0.15, 0.2) is 30.3 Å². The van der Waals surface area contributed by atoms with Crippen molar-refractivity contribution in [3.8, 4) is 0 Å². The van der Waals surface area contributed by atoms with Crippen LogP contribution in [0.2, 0.25) is 0 Å². The van der Waals surface area contributed by atoms with Crippen molar-refractivity contribution in [3.05, 3.63) is 35.9 Å². The molecule has 0 aliphatic rings. The summed E-state index contributed by atoms with van der Waals surface area (Å²) in [5, 5.41) is 0. The normalized spacial score (nSPS) is 14.0. The van der Waals surface area contributed by atoms with Crippen LogP contribution >= 0.6 is 0 Å². The molecular weight excluding hydrogens is 188 g/mol. The van der Waals surface area contributed by atoms with Gasteiger partial charge < -0.3 is 4.74 Å². The first kappa shape index (κ1) is 10.2. The lowest BCUT2D eigenvalue weighted by Crippen LogP contribution is -2.13. The van der Waals surface area contributed by atoms with E-state index in [0.717, 1.165) is 6.26 Å². The molecule has 3 nitrogen and oxygen atoms in total. The van der Waals surface area contributed by atoms with Gasteiger partial charge in [0.1, 0.15) is 0 Å². The van der Waals surface area contributed by atoms with E-state index >= 15 is 0 Å². The molecule has 4 heteroatoms. The number of hydrogen-bond acceptors (Lipinski definition) is 3. The van der Waals surface area contributed by atoms with Crippen molar-refractivity contribution in [1.29, 1.82) is 0 Å². The van der Waals surface area contributed by atoms with Crippen LogP contribution in [0.25, 0.3) is 0 Å². The van der Waals surface area contributed by atoms with E-state index in [2.05, 4.69) is 0 Å². The van der Waals surface area contributed by atoms with Gasteiger partial charge in [0.15, 0.2) is 15.3 Å². The van der Waals surface area contributed by atoms with Gasteiger partial charge in [0.25, 0.3) is 0 Å². The van der Waals surface area contributed by atoms with E-state index in [0.29, 0.717) is 5.56 Å². The first-order valence-electron chi connectivity index (χ1n) is 3.82. The monoisotopic (exact) mass is 200 g/mol. The third kappa shape index (κ3) is 2.54. The van der Waals surface area contributed by atoms with Crippen molar-refractivity contribution in [2.45, 2.75) is 5.44 Å². The van der Waals surface area contributed by atoms with E-state index in [1.54, 1.807) is 24.3 Å². The Labute approximate surface area is 78.3 Å². The fourth-order valence-electron chi connectivity index (χ4n) is 1.17. The van der Waals surface area contributed by atoms with E-state index in [1.807, 2.05) is 6.07 Å². The van der Waals surface area contributed by atoms with E-state index in [4.69, 9.17) is 4.74 Å². The van der Waals surface area contributed by atoms with Gasteiger partial charge in [-0.1, -0.05) is 30.3 Å². The second kappa shape index (κ2) is 3.89. The molecule has 1 aromatic rings. The number of ether oxygens (including phenoxy) is 1. The Morgan fingerprint density at radius 3 is 2.15 bits per heavy atom. The lowest BCUT2D eigenvalue weighted by atomic mass is 10.2. The molecule has 0 aliphatic carbocycles. The summed E-state index contributed by atoms with van der Waals surface area (Å²) in [6, 6.07) is 8.86. The van der Waals surface area contributed by atoms with Crippen LogP contribution in [-0.4, -0.2) is 21.8 Å². The molecule has 1 unspecified atom stereocenters. The van der Waals surface area contributed by atoms with Gasteiger partial charge in [0.05, 0.1) is 0 Å². The maximum absolute atomic E-state index is 11.2. The Balaban J connectivity index is 3.06. The second-order valence-electron chi connectivity index (χ2n) is 2.81. The van der Waals surface area contributed by atoms with Gasteiger partial charge in [-0.2, -0.15) is 0 Å². The predicted octanol–water partition coefficient (Wildman–Crippen LogP) is 1.38. The molecule has 0 spiro atoms. The molecule has 72 valence electrons. The van der Waals surface area contributed by atoms with Crippen molar-refractivity contribution < 1.29 is 13.2 Å². The first-order chi connectivity index (χ1) is 6.05. The summed E-state index contributed by atoms with van der Waals surface area (Å²) in [6.07, 6.45) is 1.16. The number of rotatable bonds is 3. The van der Waals surface area contributed by atoms with Crippen LogP contribution in [0.1, 0.15) is 11.0 Å². The number of methoxy groups -OCH3 is 1. The Morgan fingerprint density at radius 1 is 1.23 bits per heavy atom. The van der Waals surface area contributed by atoms with Gasteiger partial charge in [0, 0.05) is 13.4 Å². The van der Waals surface area contributed by atoms with Crippen LogP contribution in [0.5, 0.6) is 0 Å². The maximum Gasteiger partial charge on any atom is 0.182 e. The lowest BCUT2D eigenvalue weighted by molar-refractivity contribution is 0.166. The summed E-state index contributed by atoms with van der Waals surface area (Å²) in [6.45, 7) is 0. The van der Waals surface area contributed by atoms with E-state index in [9.17, 15) is 8.42 Å². The molecule has 0 heterocycles. The minimum absolute atomic E-state index is 0.660. The summed E-state index contributed by atoms with van der Waals surface area (Å²) >= 11 is 0. The molecule has 0 aliphatic heterocycles. The molecular formula is C9H12O3S. The summed E-state index contributed by atoms with van der Waals surface area (Å²) < 4.78 is 27.4. The molecule has 0 amide bonds. The molecule has 0 saturated heterocycles. The number of hydrogen-bond donors (Lipinski definition) is 0. The van der Waals surface area contributed by atoms with Gasteiger partial charge in [-0.25, -0.2) is 8.42 Å². The molecule has 1 rings (SSSR count). The SMILES string of the molecule is COC(c1ccccc1)S(C)(=O)=O. The molecule has 1 atom stereocenters. The highest BCUT2D eigenvalue weighted by Crippen LogP contribution is 2.21. The van der Waals surface area contributed by atoms with Crippen LogP contribution in [-0.2, 0) is 14.6 Å². The van der Waals surface area contributed by atoms with Gasteiger partial charge >= 0.3 is 0 Å². The highest BCUT2D eigenvalue weighted by atomic mass is 32.2. The fourth-order valence-corrected chi connectivity index (χ4v) is 2.17. The lowest BCUT2D eigenvalue weighted by Gasteiger charge is -2.12. The van der Waals surface area contributed by atoms with Gasteiger partial charge in [-0.05, 0) is 5.56 Å². The van der Waals surface area contributed by atoms with Gasteiger partial charge in [0.2, 0.25) is 0 Å². The van der Waals surface area contributed by atoms with Crippen LogP contribution in [0, 0.1) is 0 Å². The zero-order valence-corrected chi connectivity index (χ0v) is 8.41. The third-order valence-electron chi connectivity index (χ3n) is 1.67. The average Bonchev–Trinajstić information content (AvgIpc) is 2.05. The molecule has 0 N–H and O–H groups in total. The van der Waals surface area contributed by atoms with E-state index in [1.165, 1.54) is 7.11 Å². The zero-order valence-electron chi connectivity index (χ0n) is 7.60. The van der Waals surface area contributed by atoms with Crippen LogP contribution in [0.3, 0.4) is 0 Å². The summed E-state index contributed by atoms with van der Waals surface area (Å²) in [5.41, 5.74) is -0.193. The Bertz CT molecular complexity index is 356. The van der Waals surface area contributed by atoms with Crippen molar-refractivity contribution in [1.82, 2.24) is 0 Å². The topological polar surface area (TPSA) is 43.4 Å².